The topological polar surface area (TPSA) is 67.8 Å². The minimum atomic E-state index is -5.19. The molecule has 3 N–H and O–H groups in total. The second-order valence-corrected chi connectivity index (χ2v) is 4.12. The van der Waals surface area contributed by atoms with Crippen molar-refractivity contribution in [1.82, 2.24) is 0 Å². The van der Waals surface area contributed by atoms with Gasteiger partial charge in [0.05, 0.1) is 11.8 Å². The van der Waals surface area contributed by atoms with Gasteiger partial charge in [0.1, 0.15) is 5.97 Å². The van der Waals surface area contributed by atoms with Crippen molar-refractivity contribution >= 4 is 17.7 Å². The summed E-state index contributed by atoms with van der Waals surface area (Å²) in [7, 11) is 0. The molecule has 1 atom stereocenters. The Bertz CT molecular complexity index is 180. The lowest BCUT2D eigenvalue weighted by atomic mass is 10.3. The zero-order valence-electron chi connectivity index (χ0n) is 7.47. The fourth-order valence-electron chi connectivity index (χ4n) is 0.872. The van der Waals surface area contributed by atoms with E-state index in [0.717, 1.165) is 11.8 Å². The van der Waals surface area contributed by atoms with Crippen LogP contribution in [0, 0.1) is 0 Å². The molecular formula is C7H12F3NO2S. The number of thioether (sulfide) groups is 1. The van der Waals surface area contributed by atoms with Gasteiger partial charge in [0.2, 0.25) is 0 Å². The van der Waals surface area contributed by atoms with E-state index in [1.54, 1.807) is 0 Å². The van der Waals surface area contributed by atoms with Gasteiger partial charge in [-0.1, -0.05) is 0 Å². The Balaban J connectivity index is 0.000000241. The van der Waals surface area contributed by atoms with Crippen LogP contribution < -0.4 is 10.8 Å². The van der Waals surface area contributed by atoms with Gasteiger partial charge in [-0.15, -0.1) is 0 Å². The van der Waals surface area contributed by atoms with Crippen LogP contribution in [0.1, 0.15) is 12.8 Å². The SMILES string of the molecule is O=C([O-])C(F)(F)F.[NH3+]CC1CCCS1. The summed E-state index contributed by atoms with van der Waals surface area (Å²) in [5.41, 5.74) is 3.85. The van der Waals surface area contributed by atoms with E-state index in [-0.39, 0.29) is 0 Å². The molecule has 1 saturated heterocycles. The summed E-state index contributed by atoms with van der Waals surface area (Å²) in [6, 6.07) is 0. The molecule has 0 bridgehead atoms. The van der Waals surface area contributed by atoms with E-state index in [0.29, 0.717) is 0 Å². The molecule has 1 unspecified atom stereocenters. The first-order chi connectivity index (χ1) is 6.38. The second-order valence-electron chi connectivity index (χ2n) is 2.71. The number of carboxylic acids is 1. The smallest absolute Gasteiger partial charge is 0.430 e. The number of hydrogen-bond acceptors (Lipinski definition) is 3. The minimum absolute atomic E-state index is 0.903. The van der Waals surface area contributed by atoms with E-state index in [1.807, 2.05) is 0 Å². The Labute approximate surface area is 83.8 Å². The summed E-state index contributed by atoms with van der Waals surface area (Å²) in [6.45, 7) is 1.13. The molecule has 1 fully saturated rings. The van der Waals surface area contributed by atoms with Crippen LogP contribution in [0.3, 0.4) is 0 Å². The van der Waals surface area contributed by atoms with Crippen LogP contribution >= 0.6 is 11.8 Å². The summed E-state index contributed by atoms with van der Waals surface area (Å²) in [4.78, 5) is 8.78. The van der Waals surface area contributed by atoms with Crippen molar-refractivity contribution in [2.75, 3.05) is 12.3 Å². The molecule has 1 heterocycles. The number of aliphatic carboxylic acids is 1. The monoisotopic (exact) mass is 231 g/mol. The van der Waals surface area contributed by atoms with Gasteiger partial charge in [0, 0.05) is 0 Å². The third kappa shape index (κ3) is 6.09. The number of carboxylic acid groups (broad SMARTS) is 1. The van der Waals surface area contributed by atoms with E-state index in [1.165, 1.54) is 18.6 Å². The number of rotatable bonds is 1. The summed E-state index contributed by atoms with van der Waals surface area (Å²) in [6.07, 6.45) is -2.36. The molecule has 0 aromatic carbocycles. The van der Waals surface area contributed by atoms with E-state index in [2.05, 4.69) is 17.5 Å². The van der Waals surface area contributed by atoms with Gasteiger partial charge in [-0.25, -0.2) is 0 Å². The van der Waals surface area contributed by atoms with Crippen molar-refractivity contribution in [3.63, 3.8) is 0 Å². The summed E-state index contributed by atoms with van der Waals surface area (Å²) < 4.78 is 31.5. The van der Waals surface area contributed by atoms with Gasteiger partial charge in [-0.3, -0.25) is 0 Å². The van der Waals surface area contributed by atoms with Crippen molar-refractivity contribution in [2.45, 2.75) is 24.3 Å². The molecule has 0 amide bonds. The van der Waals surface area contributed by atoms with Gasteiger partial charge in [0.15, 0.2) is 0 Å². The van der Waals surface area contributed by atoms with Crippen molar-refractivity contribution < 1.29 is 28.8 Å². The molecule has 0 aliphatic carbocycles. The molecule has 0 aromatic heterocycles. The fourth-order valence-corrected chi connectivity index (χ4v) is 2.04. The van der Waals surface area contributed by atoms with E-state index < -0.39 is 12.1 Å². The first-order valence-electron chi connectivity index (χ1n) is 4.07. The summed E-state index contributed by atoms with van der Waals surface area (Å²) in [5, 5.41) is 9.69. The fraction of sp³-hybridized carbons (Fsp3) is 0.857. The second kappa shape index (κ2) is 6.13. The Hall–Kier alpha value is -0.430. The number of halogens is 3. The third-order valence-corrected chi connectivity index (χ3v) is 3.04. The number of carbonyl (C=O) groups excluding carboxylic acids is 1. The summed E-state index contributed by atoms with van der Waals surface area (Å²) >= 11 is 2.08. The van der Waals surface area contributed by atoms with Crippen molar-refractivity contribution in [3.05, 3.63) is 0 Å². The van der Waals surface area contributed by atoms with Gasteiger partial charge in [0.25, 0.3) is 0 Å². The van der Waals surface area contributed by atoms with Crippen LogP contribution in [0.15, 0.2) is 0 Å². The lowest BCUT2D eigenvalue weighted by molar-refractivity contribution is -0.366. The van der Waals surface area contributed by atoms with Gasteiger partial charge >= 0.3 is 6.18 Å². The van der Waals surface area contributed by atoms with E-state index in [4.69, 9.17) is 9.90 Å². The summed E-state index contributed by atoms with van der Waals surface area (Å²) in [5.74, 6) is -1.63. The lowest BCUT2D eigenvalue weighted by Gasteiger charge is -2.03. The maximum absolute atomic E-state index is 10.5. The van der Waals surface area contributed by atoms with Gasteiger partial charge < -0.3 is 15.6 Å². The first kappa shape index (κ1) is 13.6. The van der Waals surface area contributed by atoms with Crippen molar-refractivity contribution in [3.8, 4) is 0 Å². The highest BCUT2D eigenvalue weighted by Crippen LogP contribution is 2.24. The maximum atomic E-state index is 10.5. The molecule has 0 radical (unpaired) electrons. The molecule has 3 nitrogen and oxygen atoms in total. The van der Waals surface area contributed by atoms with Gasteiger partial charge in [-0.05, 0) is 18.6 Å². The third-order valence-electron chi connectivity index (χ3n) is 1.58. The Morgan fingerprint density at radius 3 is 2.21 bits per heavy atom. The zero-order chi connectivity index (χ0) is 11.2. The van der Waals surface area contributed by atoms with Crippen LogP contribution in [0.5, 0.6) is 0 Å². The molecule has 0 spiro atoms. The standard InChI is InChI=1S/C5H11NS.C2HF3O2/c6-4-5-2-1-3-7-5;3-2(4,5)1(6)7/h5H,1-4,6H2;(H,6,7). The number of hydrogen-bond donors (Lipinski definition) is 1. The normalized spacial score (nSPS) is 21.3. The molecule has 1 aliphatic heterocycles. The molecular weight excluding hydrogens is 219 g/mol. The van der Waals surface area contributed by atoms with Crippen molar-refractivity contribution in [2.24, 2.45) is 0 Å². The molecule has 1 rings (SSSR count). The molecule has 84 valence electrons. The van der Waals surface area contributed by atoms with Gasteiger partial charge in [-0.2, -0.15) is 24.9 Å². The van der Waals surface area contributed by atoms with Crippen molar-refractivity contribution in [1.29, 1.82) is 0 Å². The highest BCUT2D eigenvalue weighted by Gasteiger charge is 2.28. The molecule has 14 heavy (non-hydrogen) atoms. The number of carbonyl (C=O) groups is 1. The molecule has 1 aliphatic rings. The zero-order valence-corrected chi connectivity index (χ0v) is 8.29. The quantitative estimate of drug-likeness (QED) is 0.656. The molecule has 7 heteroatoms. The van der Waals surface area contributed by atoms with Crippen LogP contribution in [0.2, 0.25) is 0 Å². The number of alkyl halides is 3. The predicted octanol–water partition coefficient (Wildman–Crippen LogP) is -0.578. The first-order valence-corrected chi connectivity index (χ1v) is 5.11. The Kier molecular flexibility index (Phi) is 5.94. The largest absolute Gasteiger partial charge is 0.542 e. The molecule has 0 aromatic rings. The maximum Gasteiger partial charge on any atom is 0.430 e. The predicted molar refractivity (Wildman–Crippen MR) is 44.3 cm³/mol. The highest BCUT2D eigenvalue weighted by molar-refractivity contribution is 8.00. The average Bonchev–Trinajstić information content (AvgIpc) is 2.54. The van der Waals surface area contributed by atoms with E-state index >= 15 is 0 Å². The highest BCUT2D eigenvalue weighted by atomic mass is 32.2. The number of quaternary nitrogens is 1. The lowest BCUT2D eigenvalue weighted by Crippen LogP contribution is -2.54. The Morgan fingerprint density at radius 1 is 1.57 bits per heavy atom. The van der Waals surface area contributed by atoms with Crippen LogP contribution in [-0.2, 0) is 4.79 Å². The van der Waals surface area contributed by atoms with Crippen LogP contribution in [-0.4, -0.2) is 29.7 Å². The molecule has 0 saturated carbocycles. The van der Waals surface area contributed by atoms with E-state index in [9.17, 15) is 13.2 Å². The van der Waals surface area contributed by atoms with Crippen LogP contribution in [0.4, 0.5) is 13.2 Å². The minimum Gasteiger partial charge on any atom is -0.542 e. The average molecular weight is 231 g/mol. The van der Waals surface area contributed by atoms with Crippen LogP contribution in [0.25, 0.3) is 0 Å². The Morgan fingerprint density at radius 2 is 2.07 bits per heavy atom.